The van der Waals surface area contributed by atoms with Crippen molar-refractivity contribution in [1.29, 1.82) is 0 Å². The first-order valence-corrected chi connectivity index (χ1v) is 12.0. The van der Waals surface area contributed by atoms with Crippen LogP contribution in [0.3, 0.4) is 0 Å². The quantitative estimate of drug-likeness (QED) is 0.266. The van der Waals surface area contributed by atoms with Gasteiger partial charge >= 0.3 is 10.3 Å². The van der Waals surface area contributed by atoms with Gasteiger partial charge in [0.1, 0.15) is 42.0 Å². The Morgan fingerprint density at radius 3 is 2.66 bits per heavy atom. The Kier molecular flexibility index (Phi) is 5.80. The highest BCUT2D eigenvalue weighted by Crippen LogP contribution is 2.43. The highest BCUT2D eigenvalue weighted by Gasteiger charge is 2.53. The van der Waals surface area contributed by atoms with Crippen molar-refractivity contribution < 1.29 is 37.5 Å². The number of ether oxygens (including phenoxy) is 1. The lowest BCUT2D eigenvalue weighted by atomic mass is 10.0. The van der Waals surface area contributed by atoms with Crippen LogP contribution < -0.4 is 10.5 Å². The molecule has 0 radical (unpaired) electrons. The molecule has 1 aromatic carbocycles. The van der Waals surface area contributed by atoms with Crippen molar-refractivity contribution in [3.05, 3.63) is 42.5 Å². The summed E-state index contributed by atoms with van der Waals surface area (Å²) >= 11 is 0. The zero-order chi connectivity index (χ0) is 24.9. The number of nitrogens with two attached hydrogens (primary N) is 1. The number of nitrogens with zero attached hydrogens (tertiary/aromatic N) is 4. The zero-order valence-electron chi connectivity index (χ0n) is 18.0. The number of aromatic nitrogens is 4. The number of hydrogen-bond acceptors (Lipinski definition) is 12. The zero-order valence-corrected chi connectivity index (χ0v) is 18.8. The molecule has 15 heteroatoms. The molecule has 2 fully saturated rings. The summed E-state index contributed by atoms with van der Waals surface area (Å²) in [4.78, 5) is 24.4. The number of para-hydroxylation sites is 1. The van der Waals surface area contributed by atoms with E-state index in [0.29, 0.717) is 12.8 Å². The van der Waals surface area contributed by atoms with E-state index in [9.17, 15) is 28.5 Å². The summed E-state index contributed by atoms with van der Waals surface area (Å²) in [5.74, 6) is -1.68. The van der Waals surface area contributed by atoms with Crippen molar-refractivity contribution in [1.82, 2.24) is 24.2 Å². The first-order valence-electron chi connectivity index (χ1n) is 10.6. The number of carbonyl (C=O) groups is 1. The van der Waals surface area contributed by atoms with Crippen LogP contribution in [0.15, 0.2) is 36.9 Å². The Bertz CT molecular complexity index is 1380. The Morgan fingerprint density at radius 2 is 1.94 bits per heavy atom. The average Bonchev–Trinajstić information content (AvgIpc) is 3.50. The summed E-state index contributed by atoms with van der Waals surface area (Å²) in [6.07, 6.45) is -2.90. The minimum atomic E-state index is -4.68. The number of anilines is 1. The number of aliphatic hydroxyl groups excluding tert-OH is 2. The van der Waals surface area contributed by atoms with E-state index in [2.05, 4.69) is 15.0 Å². The van der Waals surface area contributed by atoms with E-state index in [1.54, 1.807) is 4.72 Å². The molecule has 35 heavy (non-hydrogen) atoms. The van der Waals surface area contributed by atoms with E-state index in [0.717, 1.165) is 0 Å². The van der Waals surface area contributed by atoms with Gasteiger partial charge in [0, 0.05) is 0 Å². The fraction of sp³-hybridized carbons (Fsp3) is 0.400. The van der Waals surface area contributed by atoms with Gasteiger partial charge in [-0.05, 0) is 30.9 Å². The number of carbonyl (C=O) groups excluding carboxylic acids is 1. The number of phenolic OH excluding ortho intramolecular Hbond substituents is 1. The van der Waals surface area contributed by atoms with Gasteiger partial charge in [-0.15, -0.1) is 0 Å². The molecule has 1 aliphatic heterocycles. The molecule has 1 unspecified atom stereocenters. The van der Waals surface area contributed by atoms with Crippen molar-refractivity contribution in [2.75, 3.05) is 5.73 Å². The highest BCUT2D eigenvalue weighted by molar-refractivity contribution is 7.85. The molecule has 5 rings (SSSR count). The second-order valence-corrected chi connectivity index (χ2v) is 9.66. The average molecular weight is 506 g/mol. The SMILES string of the molecule is Nc1ncnc2c1ncn2[C@@H]1O[C@H](C(OS(=O)(=O)NC(=O)c2ccccc2O)C2CC2)[C@@H](O)[C@H]1O. The molecule has 3 aromatic rings. The molecule has 1 amide bonds. The van der Waals surface area contributed by atoms with Crippen molar-refractivity contribution in [3.8, 4) is 5.75 Å². The number of amides is 1. The lowest BCUT2D eigenvalue weighted by Gasteiger charge is -2.25. The number of aromatic hydroxyl groups is 1. The molecule has 1 saturated carbocycles. The first kappa shape index (κ1) is 23.4. The molecule has 14 nitrogen and oxygen atoms in total. The molecule has 3 heterocycles. The van der Waals surface area contributed by atoms with Crippen LogP contribution in [0.1, 0.15) is 29.4 Å². The van der Waals surface area contributed by atoms with Gasteiger partial charge in [0.25, 0.3) is 5.91 Å². The fourth-order valence-electron chi connectivity index (χ4n) is 4.07. The first-order chi connectivity index (χ1) is 16.7. The minimum Gasteiger partial charge on any atom is -0.507 e. The molecule has 0 spiro atoms. The predicted molar refractivity (Wildman–Crippen MR) is 118 cm³/mol. The van der Waals surface area contributed by atoms with Gasteiger partial charge in [-0.3, -0.25) is 9.36 Å². The van der Waals surface area contributed by atoms with Crippen LogP contribution in [0, 0.1) is 5.92 Å². The molecule has 0 bridgehead atoms. The maximum atomic E-state index is 12.7. The van der Waals surface area contributed by atoms with E-state index in [1.807, 2.05) is 0 Å². The minimum absolute atomic E-state index is 0.115. The van der Waals surface area contributed by atoms with Crippen molar-refractivity contribution in [2.45, 2.75) is 43.5 Å². The number of phenols is 1. The van der Waals surface area contributed by atoms with Crippen LogP contribution in [-0.2, 0) is 19.2 Å². The predicted octanol–water partition coefficient (Wildman–Crippen LogP) is -0.797. The third kappa shape index (κ3) is 4.39. The maximum Gasteiger partial charge on any atom is 0.362 e. The van der Waals surface area contributed by atoms with Crippen molar-refractivity contribution >= 4 is 33.2 Å². The van der Waals surface area contributed by atoms with Gasteiger partial charge < -0.3 is 25.8 Å². The van der Waals surface area contributed by atoms with E-state index in [4.69, 9.17) is 14.7 Å². The Hall–Kier alpha value is -3.37. The van der Waals surface area contributed by atoms with Gasteiger partial charge in [0.15, 0.2) is 17.7 Å². The fourth-order valence-corrected chi connectivity index (χ4v) is 5.02. The van der Waals surface area contributed by atoms with Crippen LogP contribution in [0.5, 0.6) is 5.75 Å². The molecule has 2 aromatic heterocycles. The normalized spacial score (nSPS) is 25.5. The largest absolute Gasteiger partial charge is 0.507 e. The second kappa shape index (κ2) is 8.69. The highest BCUT2D eigenvalue weighted by atomic mass is 32.2. The summed E-state index contributed by atoms with van der Waals surface area (Å²) in [6, 6.07) is 5.41. The standard InChI is InChI=1S/C20H22N6O8S/c21-17-12-18(23-7-22-17)26(8-24-12)20-14(29)13(28)16(33-20)15(9-5-6-9)34-35(31,32)25-19(30)10-3-1-2-4-11(10)27/h1-4,7-9,13-16,20,27-29H,5-6H2,(H,25,30)(H2,21,22,23)/t13-,14+,15?,16-,20+/m0/s1. The molecule has 1 aliphatic carbocycles. The second-order valence-electron chi connectivity index (χ2n) is 8.36. The topological polar surface area (TPSA) is 212 Å². The Morgan fingerprint density at radius 1 is 1.20 bits per heavy atom. The van der Waals surface area contributed by atoms with E-state index in [-0.39, 0.29) is 28.5 Å². The summed E-state index contributed by atoms with van der Waals surface area (Å²) in [6.45, 7) is 0. The monoisotopic (exact) mass is 506 g/mol. The smallest absolute Gasteiger partial charge is 0.362 e. The Labute approximate surface area is 198 Å². The van der Waals surface area contributed by atoms with E-state index >= 15 is 0 Å². The number of rotatable bonds is 7. The number of hydrogen-bond donors (Lipinski definition) is 5. The van der Waals surface area contributed by atoms with E-state index in [1.165, 1.54) is 41.5 Å². The van der Waals surface area contributed by atoms with Crippen molar-refractivity contribution in [2.24, 2.45) is 5.92 Å². The lowest BCUT2D eigenvalue weighted by Crippen LogP contribution is -2.45. The Balaban J connectivity index is 1.37. The van der Waals surface area contributed by atoms with Crippen LogP contribution in [0.4, 0.5) is 5.82 Å². The van der Waals surface area contributed by atoms with Crippen LogP contribution >= 0.6 is 0 Å². The van der Waals surface area contributed by atoms with Crippen LogP contribution in [0.2, 0.25) is 0 Å². The molecule has 2 aliphatic rings. The van der Waals surface area contributed by atoms with Gasteiger partial charge in [-0.2, -0.15) is 8.42 Å². The maximum absolute atomic E-state index is 12.7. The molecule has 6 N–H and O–H groups in total. The number of imidazole rings is 1. The summed E-state index contributed by atoms with van der Waals surface area (Å²) in [5, 5.41) is 31.2. The number of nitrogens with one attached hydrogen (secondary N) is 1. The van der Waals surface area contributed by atoms with Gasteiger partial charge in [0.2, 0.25) is 0 Å². The van der Waals surface area contributed by atoms with Crippen LogP contribution in [-0.4, -0.2) is 73.6 Å². The molecular formula is C20H22N6O8S. The van der Waals surface area contributed by atoms with Gasteiger partial charge in [-0.1, -0.05) is 12.1 Å². The number of benzene rings is 1. The number of nitrogen functional groups attached to an aromatic ring is 1. The molecular weight excluding hydrogens is 484 g/mol. The molecule has 1 saturated heterocycles. The van der Waals surface area contributed by atoms with Gasteiger partial charge in [0.05, 0.1) is 11.9 Å². The third-order valence-electron chi connectivity index (χ3n) is 5.95. The summed E-state index contributed by atoms with van der Waals surface area (Å²) in [7, 11) is -4.68. The molecule has 5 atom stereocenters. The lowest BCUT2D eigenvalue weighted by molar-refractivity contribution is -0.0800. The summed E-state index contributed by atoms with van der Waals surface area (Å²) < 4.78 is 39.6. The summed E-state index contributed by atoms with van der Waals surface area (Å²) in [5.41, 5.74) is 6.06. The van der Waals surface area contributed by atoms with E-state index < -0.39 is 52.6 Å². The van der Waals surface area contributed by atoms with Crippen LogP contribution in [0.25, 0.3) is 11.2 Å². The number of aliphatic hydroxyl groups is 2. The number of fused-ring (bicyclic) bond motifs is 1. The van der Waals surface area contributed by atoms with Gasteiger partial charge in [-0.25, -0.2) is 23.9 Å². The molecule has 186 valence electrons. The third-order valence-corrected chi connectivity index (χ3v) is 6.86. The van der Waals surface area contributed by atoms with Crippen molar-refractivity contribution in [3.63, 3.8) is 0 Å².